The molecule has 0 radical (unpaired) electrons. The average molecular weight is 337 g/mol. The number of methoxy groups -OCH3 is 2. The number of carbonyl (C=O) groups is 2. The van der Waals surface area contributed by atoms with Gasteiger partial charge in [0.2, 0.25) is 17.4 Å². The Balaban J connectivity index is 2.28. The average Bonchev–Trinajstić information content (AvgIpc) is 2.66. The van der Waals surface area contributed by atoms with E-state index in [0.717, 1.165) is 0 Å². The lowest BCUT2D eigenvalue weighted by Gasteiger charge is -2.18. The van der Waals surface area contributed by atoms with Crippen LogP contribution in [0.2, 0.25) is 0 Å². The summed E-state index contributed by atoms with van der Waals surface area (Å²) in [7, 11) is 2.58. The quantitative estimate of drug-likeness (QED) is 0.479. The Hall–Kier alpha value is -3.71. The van der Waals surface area contributed by atoms with Crippen LogP contribution in [0.15, 0.2) is 46.9 Å². The molecular formula is C16H11N5O4. The van der Waals surface area contributed by atoms with E-state index in [2.05, 4.69) is 20.0 Å². The fourth-order valence-electron chi connectivity index (χ4n) is 2.42. The molecule has 0 amide bonds. The fraction of sp³-hybridized carbons (Fsp3) is 0.125. The first-order valence-corrected chi connectivity index (χ1v) is 7.06. The molecule has 0 atom stereocenters. The summed E-state index contributed by atoms with van der Waals surface area (Å²) in [5.41, 5.74) is 8.73. The molecule has 25 heavy (non-hydrogen) atoms. The first kappa shape index (κ1) is 16.2. The van der Waals surface area contributed by atoms with E-state index in [1.807, 2.05) is 6.07 Å². The second kappa shape index (κ2) is 6.42. The van der Waals surface area contributed by atoms with E-state index in [9.17, 15) is 9.59 Å². The van der Waals surface area contributed by atoms with Crippen LogP contribution in [0.4, 0.5) is 0 Å². The molecule has 0 spiro atoms. The normalized spacial score (nSPS) is 13.2. The number of ether oxygens (including phenoxy) is 2. The van der Waals surface area contributed by atoms with Crippen LogP contribution in [-0.4, -0.2) is 35.8 Å². The van der Waals surface area contributed by atoms with E-state index in [1.54, 1.807) is 24.3 Å². The predicted octanol–water partition coefficient (Wildman–Crippen LogP) is 2.70. The highest BCUT2D eigenvalue weighted by Gasteiger charge is 2.37. The molecule has 124 valence electrons. The maximum atomic E-state index is 12.6. The maximum absolute atomic E-state index is 12.6. The van der Waals surface area contributed by atoms with Crippen molar-refractivity contribution in [2.45, 2.75) is 0 Å². The Kier molecular flexibility index (Phi) is 4.15. The summed E-state index contributed by atoms with van der Waals surface area (Å²) < 4.78 is 10.1. The van der Waals surface area contributed by atoms with Crippen molar-refractivity contribution in [3.8, 4) is 17.1 Å². The van der Waals surface area contributed by atoms with Gasteiger partial charge in [0.15, 0.2) is 5.76 Å². The number of hydrogen-bond donors (Lipinski definition) is 0. The van der Waals surface area contributed by atoms with Gasteiger partial charge in [-0.15, -0.1) is 0 Å². The molecule has 0 N–H and O–H groups in total. The highest BCUT2D eigenvalue weighted by Crippen LogP contribution is 2.32. The summed E-state index contributed by atoms with van der Waals surface area (Å²) in [4.78, 5) is 36.1. The topological polar surface area (TPSA) is 127 Å². The molecule has 0 unspecified atom stereocenters. The van der Waals surface area contributed by atoms with Crippen LogP contribution < -0.4 is 4.74 Å². The van der Waals surface area contributed by atoms with Gasteiger partial charge in [-0.25, -0.2) is 9.97 Å². The molecule has 1 aromatic carbocycles. The van der Waals surface area contributed by atoms with E-state index in [4.69, 9.17) is 15.0 Å². The zero-order chi connectivity index (χ0) is 18.0. The monoisotopic (exact) mass is 337 g/mol. The van der Waals surface area contributed by atoms with Gasteiger partial charge in [0.1, 0.15) is 22.8 Å². The lowest BCUT2D eigenvalue weighted by molar-refractivity contribution is 0.0896. The van der Waals surface area contributed by atoms with E-state index >= 15 is 0 Å². The summed E-state index contributed by atoms with van der Waals surface area (Å²) in [6.45, 7) is 0. The first-order chi connectivity index (χ1) is 12.1. The van der Waals surface area contributed by atoms with Crippen LogP contribution in [0, 0.1) is 0 Å². The number of nitrogens with zero attached hydrogens (tertiary/aromatic N) is 5. The van der Waals surface area contributed by atoms with Gasteiger partial charge in [0, 0.05) is 10.5 Å². The maximum Gasteiger partial charge on any atom is 0.248 e. The first-order valence-electron chi connectivity index (χ1n) is 7.06. The second-order valence-corrected chi connectivity index (χ2v) is 4.87. The van der Waals surface area contributed by atoms with Crippen LogP contribution in [0.3, 0.4) is 0 Å². The van der Waals surface area contributed by atoms with Gasteiger partial charge in [-0.3, -0.25) is 9.59 Å². The van der Waals surface area contributed by atoms with Crippen molar-refractivity contribution in [1.82, 2.24) is 9.97 Å². The number of fused-ring (bicyclic) bond motifs is 1. The molecular weight excluding hydrogens is 326 g/mol. The van der Waals surface area contributed by atoms with E-state index in [0.29, 0.717) is 11.3 Å². The molecule has 0 saturated heterocycles. The van der Waals surface area contributed by atoms with Crippen molar-refractivity contribution >= 4 is 11.6 Å². The van der Waals surface area contributed by atoms with Crippen LogP contribution in [0.25, 0.3) is 21.7 Å². The SMILES string of the molecule is COC1=C(N=[N+]=[N-])C(=O)c2nc(-c3ccccc3)c(OC)nc2C1=O. The van der Waals surface area contributed by atoms with Crippen LogP contribution >= 0.6 is 0 Å². The molecule has 1 aromatic heterocycles. The molecule has 1 heterocycles. The third kappa shape index (κ3) is 2.58. The van der Waals surface area contributed by atoms with Gasteiger partial charge in [-0.2, -0.15) is 0 Å². The molecule has 3 rings (SSSR count). The second-order valence-electron chi connectivity index (χ2n) is 4.87. The molecule has 9 nitrogen and oxygen atoms in total. The molecule has 0 aliphatic heterocycles. The molecule has 0 bridgehead atoms. The molecule has 2 aromatic rings. The number of ketones is 2. The largest absolute Gasteiger partial charge is 0.492 e. The van der Waals surface area contributed by atoms with Crippen molar-refractivity contribution in [2.75, 3.05) is 14.2 Å². The Bertz CT molecular complexity index is 962. The lowest BCUT2D eigenvalue weighted by atomic mass is 9.99. The summed E-state index contributed by atoms with van der Waals surface area (Å²) in [6.07, 6.45) is 0. The number of carbonyl (C=O) groups excluding carboxylic acids is 2. The molecule has 0 fully saturated rings. The zero-order valence-electron chi connectivity index (χ0n) is 13.3. The Morgan fingerprint density at radius 2 is 1.64 bits per heavy atom. The summed E-state index contributed by atoms with van der Waals surface area (Å²) in [5, 5.41) is 3.28. The number of Topliss-reactive ketones (excluding diaryl/α,β-unsaturated/α-hetero) is 2. The van der Waals surface area contributed by atoms with Crippen molar-refractivity contribution in [3.05, 3.63) is 63.6 Å². The van der Waals surface area contributed by atoms with E-state index < -0.39 is 17.3 Å². The van der Waals surface area contributed by atoms with Gasteiger partial charge in [-0.05, 0) is 5.53 Å². The standard InChI is InChI=1S/C16H11N5O4/c1-24-15-12(20-21-17)13(22)10-11(14(15)23)19-16(25-2)9(18-10)8-6-4-3-5-7-8/h3-7H,1-2H3. The minimum atomic E-state index is -0.739. The number of allylic oxidation sites excluding steroid dienone is 2. The minimum absolute atomic E-state index is 0.0915. The van der Waals surface area contributed by atoms with Crippen molar-refractivity contribution in [2.24, 2.45) is 5.11 Å². The van der Waals surface area contributed by atoms with Gasteiger partial charge >= 0.3 is 0 Å². The van der Waals surface area contributed by atoms with Crippen molar-refractivity contribution < 1.29 is 19.1 Å². The van der Waals surface area contributed by atoms with Gasteiger partial charge < -0.3 is 9.47 Å². The number of hydrogen-bond acceptors (Lipinski definition) is 7. The minimum Gasteiger partial charge on any atom is -0.492 e. The van der Waals surface area contributed by atoms with E-state index in [1.165, 1.54) is 14.2 Å². The highest BCUT2D eigenvalue weighted by molar-refractivity contribution is 6.24. The number of aromatic nitrogens is 2. The smallest absolute Gasteiger partial charge is 0.248 e. The van der Waals surface area contributed by atoms with Gasteiger partial charge in [0.05, 0.1) is 14.2 Å². The Morgan fingerprint density at radius 1 is 0.960 bits per heavy atom. The van der Waals surface area contributed by atoms with Gasteiger partial charge in [0.25, 0.3) is 0 Å². The predicted molar refractivity (Wildman–Crippen MR) is 85.9 cm³/mol. The summed E-state index contributed by atoms with van der Waals surface area (Å²) in [5.74, 6) is -1.73. The third-order valence-corrected chi connectivity index (χ3v) is 3.52. The zero-order valence-corrected chi connectivity index (χ0v) is 13.3. The Labute approximate surface area is 141 Å². The molecule has 1 aliphatic carbocycles. The Morgan fingerprint density at radius 3 is 2.24 bits per heavy atom. The third-order valence-electron chi connectivity index (χ3n) is 3.52. The van der Waals surface area contributed by atoms with Crippen molar-refractivity contribution in [3.63, 3.8) is 0 Å². The van der Waals surface area contributed by atoms with Crippen LogP contribution in [-0.2, 0) is 4.74 Å². The fourth-order valence-corrected chi connectivity index (χ4v) is 2.42. The summed E-state index contributed by atoms with van der Waals surface area (Å²) in [6, 6.07) is 8.93. The number of rotatable bonds is 4. The van der Waals surface area contributed by atoms with Gasteiger partial charge in [-0.1, -0.05) is 35.4 Å². The molecule has 0 saturated carbocycles. The van der Waals surface area contributed by atoms with Crippen molar-refractivity contribution in [1.29, 1.82) is 0 Å². The van der Waals surface area contributed by atoms with E-state index in [-0.39, 0.29) is 23.0 Å². The number of azide groups is 1. The molecule has 1 aliphatic rings. The highest BCUT2D eigenvalue weighted by atomic mass is 16.5. The van der Waals surface area contributed by atoms with Crippen LogP contribution in [0.1, 0.15) is 21.0 Å². The lowest BCUT2D eigenvalue weighted by Crippen LogP contribution is -2.25. The van der Waals surface area contributed by atoms with Crippen LogP contribution in [0.5, 0.6) is 5.88 Å². The summed E-state index contributed by atoms with van der Waals surface area (Å²) >= 11 is 0. The number of benzene rings is 1. The molecule has 9 heteroatoms.